The number of halogens is 2. The first-order valence-corrected chi connectivity index (χ1v) is 7.53. The van der Waals surface area contributed by atoms with Crippen LogP contribution in [0.1, 0.15) is 45.1 Å². The molecule has 0 amide bonds. The molecule has 2 nitrogen and oxygen atoms in total. The Kier molecular flexibility index (Phi) is 4.69. The van der Waals surface area contributed by atoms with Gasteiger partial charge in [0, 0.05) is 19.2 Å². The van der Waals surface area contributed by atoms with Gasteiger partial charge in [-0.3, -0.25) is 0 Å². The Balaban J connectivity index is 2.12. The van der Waals surface area contributed by atoms with Gasteiger partial charge in [-0.25, -0.2) is 8.78 Å². The van der Waals surface area contributed by atoms with Crippen molar-refractivity contribution in [2.75, 3.05) is 7.11 Å². The average molecular weight is 297 g/mol. The van der Waals surface area contributed by atoms with Crippen LogP contribution in [0.25, 0.3) is 0 Å². The second-order valence-electron chi connectivity index (χ2n) is 6.98. The summed E-state index contributed by atoms with van der Waals surface area (Å²) in [5.74, 6) is -1.10. The largest absolute Gasteiger partial charge is 0.377 e. The lowest BCUT2D eigenvalue weighted by Crippen LogP contribution is -2.53. The standard InChI is InChI=1S/C17H25F2NO/c1-16(2)6-8-17(21-3,9-7-16)15(20)10-12-4-5-13(18)11-14(12)19/h4-5,11,15H,6-10,20H2,1-3H3. The molecular formula is C17H25F2NO. The van der Waals surface area contributed by atoms with Gasteiger partial charge in [-0.05, 0) is 49.1 Å². The molecule has 0 radical (unpaired) electrons. The van der Waals surface area contributed by atoms with Gasteiger partial charge in [0.15, 0.2) is 0 Å². The molecule has 1 unspecified atom stereocenters. The molecule has 0 aromatic heterocycles. The van der Waals surface area contributed by atoms with Crippen LogP contribution in [0.5, 0.6) is 0 Å². The molecule has 1 aliphatic rings. The molecule has 0 spiro atoms. The van der Waals surface area contributed by atoms with Crippen LogP contribution in [-0.2, 0) is 11.2 Å². The highest BCUT2D eigenvalue weighted by Crippen LogP contribution is 2.43. The molecule has 0 saturated heterocycles. The van der Waals surface area contributed by atoms with Crippen molar-refractivity contribution in [3.63, 3.8) is 0 Å². The Morgan fingerprint density at radius 3 is 2.33 bits per heavy atom. The van der Waals surface area contributed by atoms with Crippen LogP contribution in [0, 0.1) is 17.0 Å². The summed E-state index contributed by atoms with van der Waals surface area (Å²) in [5.41, 5.74) is 6.69. The highest BCUT2D eigenvalue weighted by Gasteiger charge is 2.42. The summed E-state index contributed by atoms with van der Waals surface area (Å²) in [5, 5.41) is 0. The van der Waals surface area contributed by atoms with Crippen LogP contribution >= 0.6 is 0 Å². The fourth-order valence-electron chi connectivity index (χ4n) is 3.19. The summed E-state index contributed by atoms with van der Waals surface area (Å²) in [7, 11) is 1.68. The minimum absolute atomic E-state index is 0.293. The van der Waals surface area contributed by atoms with E-state index in [4.69, 9.17) is 10.5 Å². The maximum absolute atomic E-state index is 13.8. The molecule has 2 N–H and O–H groups in total. The first kappa shape index (κ1) is 16.4. The van der Waals surface area contributed by atoms with Gasteiger partial charge in [-0.15, -0.1) is 0 Å². The van der Waals surface area contributed by atoms with E-state index in [2.05, 4.69) is 13.8 Å². The molecule has 0 heterocycles. The molecule has 4 heteroatoms. The van der Waals surface area contributed by atoms with Gasteiger partial charge in [0.2, 0.25) is 0 Å². The monoisotopic (exact) mass is 297 g/mol. The molecule has 0 bridgehead atoms. The average Bonchev–Trinajstić information content (AvgIpc) is 2.42. The molecule has 21 heavy (non-hydrogen) atoms. The fraction of sp³-hybridized carbons (Fsp3) is 0.647. The van der Waals surface area contributed by atoms with Gasteiger partial charge < -0.3 is 10.5 Å². The van der Waals surface area contributed by atoms with E-state index < -0.39 is 17.2 Å². The van der Waals surface area contributed by atoms with Gasteiger partial charge in [0.05, 0.1) is 5.60 Å². The van der Waals surface area contributed by atoms with Crippen molar-refractivity contribution >= 4 is 0 Å². The van der Waals surface area contributed by atoms with E-state index in [-0.39, 0.29) is 6.04 Å². The van der Waals surface area contributed by atoms with Crippen LogP contribution in [0.2, 0.25) is 0 Å². The smallest absolute Gasteiger partial charge is 0.129 e. The van der Waals surface area contributed by atoms with Crippen molar-refractivity contribution in [2.45, 2.75) is 57.6 Å². The second-order valence-corrected chi connectivity index (χ2v) is 6.98. The van der Waals surface area contributed by atoms with Crippen molar-refractivity contribution in [2.24, 2.45) is 11.1 Å². The molecule has 1 saturated carbocycles. The molecule has 1 aromatic rings. The number of benzene rings is 1. The van der Waals surface area contributed by atoms with E-state index in [1.807, 2.05) is 0 Å². The van der Waals surface area contributed by atoms with Crippen molar-refractivity contribution in [1.82, 2.24) is 0 Å². The summed E-state index contributed by atoms with van der Waals surface area (Å²) in [6, 6.07) is 3.36. The van der Waals surface area contributed by atoms with Gasteiger partial charge in [-0.1, -0.05) is 19.9 Å². The lowest BCUT2D eigenvalue weighted by Gasteiger charge is -2.46. The lowest BCUT2D eigenvalue weighted by atomic mass is 9.68. The molecular weight excluding hydrogens is 272 g/mol. The molecule has 1 aromatic carbocycles. The SMILES string of the molecule is COC1(C(N)Cc2ccc(F)cc2F)CCC(C)(C)CC1. The van der Waals surface area contributed by atoms with E-state index in [9.17, 15) is 8.78 Å². The number of nitrogens with two attached hydrogens (primary N) is 1. The minimum atomic E-state index is -0.564. The molecule has 1 fully saturated rings. The van der Waals surface area contributed by atoms with Crippen molar-refractivity contribution in [3.8, 4) is 0 Å². The lowest BCUT2D eigenvalue weighted by molar-refractivity contribution is -0.0782. The predicted octanol–water partition coefficient (Wildman–Crippen LogP) is 3.82. The zero-order valence-electron chi connectivity index (χ0n) is 13.1. The van der Waals surface area contributed by atoms with E-state index >= 15 is 0 Å². The zero-order valence-corrected chi connectivity index (χ0v) is 13.1. The highest BCUT2D eigenvalue weighted by atomic mass is 19.1. The molecule has 1 atom stereocenters. The summed E-state index contributed by atoms with van der Waals surface area (Å²) >= 11 is 0. The van der Waals surface area contributed by atoms with Crippen LogP contribution < -0.4 is 5.73 Å². The van der Waals surface area contributed by atoms with Gasteiger partial charge in [0.25, 0.3) is 0 Å². The summed E-state index contributed by atoms with van der Waals surface area (Å²) < 4.78 is 32.5. The summed E-state index contributed by atoms with van der Waals surface area (Å²) in [4.78, 5) is 0. The Hall–Kier alpha value is -1.00. The Morgan fingerprint density at radius 2 is 1.81 bits per heavy atom. The number of hydrogen-bond donors (Lipinski definition) is 1. The summed E-state index contributed by atoms with van der Waals surface area (Å²) in [6.07, 6.45) is 4.20. The quantitative estimate of drug-likeness (QED) is 0.917. The third-order valence-electron chi connectivity index (χ3n) is 4.99. The highest BCUT2D eigenvalue weighted by molar-refractivity contribution is 5.20. The Morgan fingerprint density at radius 1 is 1.19 bits per heavy atom. The Bertz CT molecular complexity index is 492. The van der Waals surface area contributed by atoms with Crippen LogP contribution in [0.3, 0.4) is 0 Å². The van der Waals surface area contributed by atoms with Crippen LogP contribution in [0.15, 0.2) is 18.2 Å². The Labute approximate surface area is 125 Å². The van der Waals surface area contributed by atoms with E-state index in [0.29, 0.717) is 17.4 Å². The zero-order chi connectivity index (χ0) is 15.7. The molecule has 1 aliphatic carbocycles. The van der Waals surface area contributed by atoms with Crippen molar-refractivity contribution < 1.29 is 13.5 Å². The van der Waals surface area contributed by atoms with Crippen LogP contribution in [-0.4, -0.2) is 18.8 Å². The first-order chi connectivity index (χ1) is 9.78. The fourth-order valence-corrected chi connectivity index (χ4v) is 3.19. The van der Waals surface area contributed by atoms with Crippen molar-refractivity contribution in [3.05, 3.63) is 35.4 Å². The normalized spacial score (nSPS) is 22.0. The molecule has 118 valence electrons. The van der Waals surface area contributed by atoms with Crippen LogP contribution in [0.4, 0.5) is 8.78 Å². The maximum atomic E-state index is 13.8. The molecule has 2 rings (SSSR count). The molecule has 0 aliphatic heterocycles. The number of rotatable bonds is 4. The van der Waals surface area contributed by atoms with E-state index in [1.54, 1.807) is 7.11 Å². The van der Waals surface area contributed by atoms with Gasteiger partial charge in [0.1, 0.15) is 11.6 Å². The second kappa shape index (κ2) is 6.01. The van der Waals surface area contributed by atoms with E-state index in [1.165, 1.54) is 12.1 Å². The number of hydrogen-bond acceptors (Lipinski definition) is 2. The van der Waals surface area contributed by atoms with E-state index in [0.717, 1.165) is 31.7 Å². The predicted molar refractivity (Wildman–Crippen MR) is 80.0 cm³/mol. The third kappa shape index (κ3) is 3.61. The number of methoxy groups -OCH3 is 1. The first-order valence-electron chi connectivity index (χ1n) is 7.53. The third-order valence-corrected chi connectivity index (χ3v) is 4.99. The maximum Gasteiger partial charge on any atom is 0.129 e. The topological polar surface area (TPSA) is 35.2 Å². The number of ether oxygens (including phenoxy) is 1. The van der Waals surface area contributed by atoms with Gasteiger partial charge >= 0.3 is 0 Å². The van der Waals surface area contributed by atoms with Gasteiger partial charge in [-0.2, -0.15) is 0 Å². The summed E-state index contributed by atoms with van der Waals surface area (Å²) in [6.45, 7) is 4.50. The van der Waals surface area contributed by atoms with Crippen molar-refractivity contribution in [1.29, 1.82) is 0 Å². The minimum Gasteiger partial charge on any atom is -0.377 e.